The van der Waals surface area contributed by atoms with Gasteiger partial charge in [-0.15, -0.1) is 0 Å². The van der Waals surface area contributed by atoms with Crippen LogP contribution in [-0.4, -0.2) is 55.2 Å². The Hall–Kier alpha value is -2.41. The van der Waals surface area contributed by atoms with Crippen LogP contribution in [0.15, 0.2) is 30.3 Å². The van der Waals surface area contributed by atoms with E-state index in [0.29, 0.717) is 47.3 Å². The number of ether oxygens (including phenoxy) is 3. The van der Waals surface area contributed by atoms with Crippen molar-refractivity contribution in [1.82, 2.24) is 4.90 Å². The molecule has 59 heavy (non-hydrogen) atoms. The Morgan fingerprint density at radius 3 is 2.02 bits per heavy atom. The minimum absolute atomic E-state index is 0.127. The average Bonchev–Trinajstić information content (AvgIpc) is 3.82. The van der Waals surface area contributed by atoms with E-state index in [1.807, 2.05) is 51.3 Å². The fraction of sp³-hybridized carbons (Fsp3) is 0.827. The normalized spacial score (nSPS) is 44.1. The molecule has 1 saturated heterocycles. The summed E-state index contributed by atoms with van der Waals surface area (Å²) in [6.45, 7) is 21.4. The molecule has 1 amide bonds. The lowest BCUT2D eigenvalue weighted by Gasteiger charge is -2.73. The van der Waals surface area contributed by atoms with Crippen LogP contribution < -0.4 is 0 Å². The van der Waals surface area contributed by atoms with Gasteiger partial charge in [-0.3, -0.25) is 14.4 Å². The molecule has 0 unspecified atom stereocenters. The molecule has 7 nitrogen and oxygen atoms in total. The van der Waals surface area contributed by atoms with Crippen LogP contribution in [0.4, 0.5) is 0 Å². The second kappa shape index (κ2) is 14.3. The number of rotatable bonds is 8. The van der Waals surface area contributed by atoms with Crippen LogP contribution >= 0.6 is 0 Å². The van der Waals surface area contributed by atoms with Crippen molar-refractivity contribution < 1.29 is 28.6 Å². The molecule has 0 N–H and O–H groups in total. The SMILES string of the molecule is COC1CCN(C(=O)[C@]23CC[C@@H](C4(C)CC4)[C@@H]2[C@H]2CC[C@@H]4[C@@]5(C)CC[C@H](OC(=O)[C@H]6C[C@@H](C(=O)OCc7ccccc7)C6(C)C)C(C)(C)[C@@H]5CC[C@@]4(C)[C@]2(C)CC3)CC1. The topological polar surface area (TPSA) is 82.1 Å². The molecule has 326 valence electrons. The lowest BCUT2D eigenvalue weighted by molar-refractivity contribution is -0.253. The summed E-state index contributed by atoms with van der Waals surface area (Å²) in [7, 11) is 1.82. The number of fused-ring (bicyclic) bond motifs is 7. The molecule has 7 aliphatic carbocycles. The van der Waals surface area contributed by atoms with Crippen molar-refractivity contribution in [3.8, 4) is 0 Å². The number of nitrogens with zero attached hydrogens (tertiary/aromatic N) is 1. The molecule has 8 aliphatic rings. The van der Waals surface area contributed by atoms with E-state index in [0.717, 1.165) is 57.2 Å². The summed E-state index contributed by atoms with van der Waals surface area (Å²) >= 11 is 0. The molecule has 7 saturated carbocycles. The third-order valence-corrected chi connectivity index (χ3v) is 21.1. The lowest BCUT2D eigenvalue weighted by atomic mass is 9.32. The number of piperidine rings is 1. The van der Waals surface area contributed by atoms with Crippen LogP contribution in [0.2, 0.25) is 0 Å². The fourth-order valence-corrected chi connectivity index (χ4v) is 16.9. The molecule has 12 atom stereocenters. The van der Waals surface area contributed by atoms with Crippen molar-refractivity contribution in [2.75, 3.05) is 20.2 Å². The Morgan fingerprint density at radius 2 is 1.36 bits per heavy atom. The molecule has 0 spiro atoms. The minimum atomic E-state index is -0.503. The maximum atomic E-state index is 15.1. The minimum Gasteiger partial charge on any atom is -0.462 e. The van der Waals surface area contributed by atoms with Gasteiger partial charge in [0.2, 0.25) is 5.91 Å². The van der Waals surface area contributed by atoms with E-state index in [2.05, 4.69) is 46.4 Å². The first kappa shape index (κ1) is 41.9. The van der Waals surface area contributed by atoms with Crippen molar-refractivity contribution >= 4 is 17.8 Å². The number of esters is 2. The quantitative estimate of drug-likeness (QED) is 0.243. The van der Waals surface area contributed by atoms with Crippen LogP contribution in [0.5, 0.6) is 0 Å². The Labute approximate surface area is 356 Å². The first-order valence-electron chi connectivity index (χ1n) is 24.1. The number of likely N-dealkylation sites (tertiary alicyclic amines) is 1. The molecule has 7 heteroatoms. The summed E-state index contributed by atoms with van der Waals surface area (Å²) in [5.74, 6) is 2.41. The number of benzene rings is 1. The van der Waals surface area contributed by atoms with Gasteiger partial charge in [-0.1, -0.05) is 85.7 Å². The molecular formula is C52H77NO6. The van der Waals surface area contributed by atoms with Crippen molar-refractivity contribution in [3.05, 3.63) is 35.9 Å². The Kier molecular flexibility index (Phi) is 10.2. The summed E-state index contributed by atoms with van der Waals surface area (Å²) in [6.07, 6.45) is 16.7. The predicted molar refractivity (Wildman–Crippen MR) is 230 cm³/mol. The lowest BCUT2D eigenvalue weighted by Crippen LogP contribution is -2.68. The molecule has 9 rings (SSSR count). The van der Waals surface area contributed by atoms with Crippen molar-refractivity contribution in [3.63, 3.8) is 0 Å². The van der Waals surface area contributed by atoms with Crippen molar-refractivity contribution in [1.29, 1.82) is 0 Å². The standard InChI is InChI=1S/C52H77NO6/c1-46(2)37(43(54)58-32-33-13-11-10-12-14-33)31-38(46)44(55)59-41-19-22-49(6)39(47(41,3)4)18-23-51(8)40(49)16-15-36-42-35(48(5)25-26-48)17-24-52(42,28-27-50(36,51)7)45(56)53-29-20-34(57-9)21-30-53/h10-14,34-42H,15-32H2,1-9H3/t35-,36-,37+,38-,39+,40-,41+,42-,49+,50-,51-,52+/m1/s1. The molecular weight excluding hydrogens is 735 g/mol. The Bertz CT molecular complexity index is 1790. The van der Waals surface area contributed by atoms with E-state index in [1.54, 1.807) is 0 Å². The van der Waals surface area contributed by atoms with Crippen LogP contribution in [0.1, 0.15) is 157 Å². The van der Waals surface area contributed by atoms with E-state index in [4.69, 9.17) is 14.2 Å². The van der Waals surface area contributed by atoms with Gasteiger partial charge in [0.15, 0.2) is 0 Å². The van der Waals surface area contributed by atoms with Crippen LogP contribution in [0.3, 0.4) is 0 Å². The first-order valence-corrected chi connectivity index (χ1v) is 24.1. The smallest absolute Gasteiger partial charge is 0.309 e. The molecule has 8 fully saturated rings. The number of carbonyl (C=O) groups is 3. The van der Waals surface area contributed by atoms with Gasteiger partial charge < -0.3 is 19.1 Å². The molecule has 1 heterocycles. The van der Waals surface area contributed by atoms with E-state index in [-0.39, 0.29) is 69.7 Å². The van der Waals surface area contributed by atoms with E-state index in [1.165, 1.54) is 51.4 Å². The maximum Gasteiger partial charge on any atom is 0.309 e. The molecule has 0 radical (unpaired) electrons. The zero-order chi connectivity index (χ0) is 42.0. The molecule has 1 aromatic rings. The predicted octanol–water partition coefficient (Wildman–Crippen LogP) is 10.8. The highest BCUT2D eigenvalue weighted by molar-refractivity contribution is 5.84. The van der Waals surface area contributed by atoms with Gasteiger partial charge in [0.1, 0.15) is 12.7 Å². The second-order valence-electron chi connectivity index (χ2n) is 23.9. The van der Waals surface area contributed by atoms with Crippen molar-refractivity contribution in [2.45, 2.75) is 171 Å². The molecule has 0 bridgehead atoms. The second-order valence-corrected chi connectivity index (χ2v) is 23.9. The Morgan fingerprint density at radius 1 is 0.661 bits per heavy atom. The third-order valence-electron chi connectivity index (χ3n) is 21.1. The van der Waals surface area contributed by atoms with Gasteiger partial charge in [0, 0.05) is 25.6 Å². The average molecular weight is 812 g/mol. The van der Waals surface area contributed by atoms with Crippen LogP contribution in [0.25, 0.3) is 0 Å². The zero-order valence-corrected chi connectivity index (χ0v) is 38.2. The van der Waals surface area contributed by atoms with E-state index >= 15 is 4.79 Å². The summed E-state index contributed by atoms with van der Waals surface area (Å²) in [6, 6.07) is 9.79. The monoisotopic (exact) mass is 812 g/mol. The highest BCUT2D eigenvalue weighted by atomic mass is 16.5. The van der Waals surface area contributed by atoms with E-state index in [9.17, 15) is 9.59 Å². The number of hydrogen-bond acceptors (Lipinski definition) is 6. The van der Waals surface area contributed by atoms with Gasteiger partial charge >= 0.3 is 11.9 Å². The summed E-state index contributed by atoms with van der Waals surface area (Å²) < 4.78 is 18.1. The summed E-state index contributed by atoms with van der Waals surface area (Å²) in [5, 5.41) is 0. The third kappa shape index (κ3) is 6.19. The fourth-order valence-electron chi connectivity index (χ4n) is 16.9. The van der Waals surface area contributed by atoms with Gasteiger partial charge in [0.25, 0.3) is 0 Å². The van der Waals surface area contributed by atoms with Gasteiger partial charge in [-0.05, 0) is 159 Å². The maximum absolute atomic E-state index is 15.1. The number of carbonyl (C=O) groups excluding carboxylic acids is 3. The first-order chi connectivity index (χ1) is 27.9. The van der Waals surface area contributed by atoms with Gasteiger partial charge in [-0.2, -0.15) is 0 Å². The molecule has 1 aromatic carbocycles. The van der Waals surface area contributed by atoms with Gasteiger partial charge in [-0.25, -0.2) is 0 Å². The largest absolute Gasteiger partial charge is 0.462 e. The Balaban J connectivity index is 0.903. The van der Waals surface area contributed by atoms with E-state index < -0.39 is 5.41 Å². The van der Waals surface area contributed by atoms with Crippen molar-refractivity contribution in [2.24, 2.45) is 79.3 Å². The summed E-state index contributed by atoms with van der Waals surface area (Å²) in [5.41, 5.74) is 1.13. The number of amides is 1. The van der Waals surface area contributed by atoms with Gasteiger partial charge in [0.05, 0.1) is 23.4 Å². The van der Waals surface area contributed by atoms with Crippen LogP contribution in [-0.2, 0) is 35.2 Å². The molecule has 0 aromatic heterocycles. The highest BCUT2D eigenvalue weighted by Gasteiger charge is 2.74. The zero-order valence-electron chi connectivity index (χ0n) is 38.2. The summed E-state index contributed by atoms with van der Waals surface area (Å²) in [4.78, 5) is 44.6. The number of hydrogen-bond donors (Lipinski definition) is 0. The molecule has 1 aliphatic heterocycles. The number of methoxy groups -OCH3 is 1. The highest BCUT2D eigenvalue weighted by Crippen LogP contribution is 2.79. The van der Waals surface area contributed by atoms with Crippen LogP contribution in [0, 0.1) is 79.3 Å².